The molecule has 1 heterocycles. The number of amides is 1. The molecule has 0 aromatic carbocycles. The van der Waals surface area contributed by atoms with E-state index in [0.717, 1.165) is 12.8 Å². The van der Waals surface area contributed by atoms with Gasteiger partial charge in [-0.1, -0.05) is 13.8 Å². The summed E-state index contributed by atoms with van der Waals surface area (Å²) in [5.41, 5.74) is 5.37. The molecule has 0 fully saturated rings. The summed E-state index contributed by atoms with van der Waals surface area (Å²) in [6.45, 7) is 4.44. The number of nitrogens with one attached hydrogen (secondary N) is 1. The van der Waals surface area contributed by atoms with E-state index >= 15 is 0 Å². The quantitative estimate of drug-likeness (QED) is 0.874. The number of hydrogen-bond donors (Lipinski definition) is 2. The van der Waals surface area contributed by atoms with Gasteiger partial charge >= 0.3 is 0 Å². The van der Waals surface area contributed by atoms with Crippen LogP contribution in [0, 0.1) is 0 Å². The van der Waals surface area contributed by atoms with Gasteiger partial charge in [-0.05, 0) is 40.9 Å². The van der Waals surface area contributed by atoms with E-state index in [9.17, 15) is 4.79 Å². The van der Waals surface area contributed by atoms with Crippen molar-refractivity contribution in [1.82, 2.24) is 5.32 Å². The van der Waals surface area contributed by atoms with Gasteiger partial charge in [0.05, 0.1) is 5.54 Å². The standard InChI is InChI=1S/C11H17BrN2O2.ClH/c1-3-11(4-2,7-13)14-10(15)8-5-6-9(12)16-8;/h5-6H,3-4,7,13H2,1-2H3,(H,14,15);1H. The molecule has 1 aromatic rings. The van der Waals surface area contributed by atoms with E-state index in [2.05, 4.69) is 21.2 Å². The molecular weight excluding hydrogens is 307 g/mol. The average Bonchev–Trinajstić information content (AvgIpc) is 2.73. The fourth-order valence-electron chi connectivity index (χ4n) is 1.51. The lowest BCUT2D eigenvalue weighted by atomic mass is 9.93. The minimum Gasteiger partial charge on any atom is -0.444 e. The largest absolute Gasteiger partial charge is 0.444 e. The maximum Gasteiger partial charge on any atom is 0.287 e. The van der Waals surface area contributed by atoms with Crippen molar-refractivity contribution in [2.75, 3.05) is 6.54 Å². The molecule has 0 saturated carbocycles. The zero-order valence-corrected chi connectivity index (χ0v) is 12.4. The summed E-state index contributed by atoms with van der Waals surface area (Å²) in [7, 11) is 0. The summed E-state index contributed by atoms with van der Waals surface area (Å²) in [4.78, 5) is 11.9. The second-order valence-electron chi connectivity index (χ2n) is 3.75. The zero-order chi connectivity index (χ0) is 12.2. The maximum absolute atomic E-state index is 11.9. The third kappa shape index (κ3) is 4.01. The van der Waals surface area contributed by atoms with Gasteiger partial charge in [0, 0.05) is 6.54 Å². The first-order valence-electron chi connectivity index (χ1n) is 5.35. The molecule has 1 amide bonds. The fourth-order valence-corrected chi connectivity index (χ4v) is 1.81. The Kier molecular flexibility index (Phi) is 6.82. The Hall–Kier alpha value is -0.520. The highest BCUT2D eigenvalue weighted by molar-refractivity contribution is 9.10. The van der Waals surface area contributed by atoms with Gasteiger partial charge in [-0.2, -0.15) is 0 Å². The Bertz CT molecular complexity index is 356. The highest BCUT2D eigenvalue weighted by Gasteiger charge is 2.27. The summed E-state index contributed by atoms with van der Waals surface area (Å²) in [6, 6.07) is 3.32. The van der Waals surface area contributed by atoms with Crippen LogP contribution >= 0.6 is 28.3 Å². The van der Waals surface area contributed by atoms with Crippen LogP contribution in [0.25, 0.3) is 0 Å². The van der Waals surface area contributed by atoms with Crippen molar-refractivity contribution < 1.29 is 9.21 Å². The van der Waals surface area contributed by atoms with Gasteiger partial charge in [0.2, 0.25) is 0 Å². The number of hydrogen-bond acceptors (Lipinski definition) is 3. The molecule has 0 aliphatic heterocycles. The van der Waals surface area contributed by atoms with Crippen LogP contribution < -0.4 is 11.1 Å². The van der Waals surface area contributed by atoms with Crippen molar-refractivity contribution in [2.45, 2.75) is 32.2 Å². The van der Waals surface area contributed by atoms with Gasteiger partial charge in [-0.25, -0.2) is 0 Å². The third-order valence-electron chi connectivity index (χ3n) is 2.92. The Morgan fingerprint density at radius 1 is 1.47 bits per heavy atom. The summed E-state index contributed by atoms with van der Waals surface area (Å²) in [5, 5.41) is 2.93. The molecule has 98 valence electrons. The summed E-state index contributed by atoms with van der Waals surface area (Å²) in [6.07, 6.45) is 1.60. The minimum atomic E-state index is -0.337. The lowest BCUT2D eigenvalue weighted by molar-refractivity contribution is 0.0865. The highest BCUT2D eigenvalue weighted by atomic mass is 79.9. The van der Waals surface area contributed by atoms with Gasteiger partial charge < -0.3 is 15.5 Å². The number of halogens is 2. The topological polar surface area (TPSA) is 68.3 Å². The normalized spacial score (nSPS) is 10.8. The first kappa shape index (κ1) is 16.5. The number of nitrogens with two attached hydrogens (primary N) is 1. The van der Waals surface area contributed by atoms with E-state index in [1.165, 1.54) is 0 Å². The minimum absolute atomic E-state index is 0. The van der Waals surface area contributed by atoms with Gasteiger partial charge in [-0.3, -0.25) is 4.79 Å². The molecule has 6 heteroatoms. The lowest BCUT2D eigenvalue weighted by Crippen LogP contribution is -2.52. The van der Waals surface area contributed by atoms with Crippen LogP contribution in [0.15, 0.2) is 21.2 Å². The molecule has 0 spiro atoms. The molecule has 0 aliphatic carbocycles. The predicted octanol–water partition coefficient (Wildman–Crippen LogP) is 2.71. The highest BCUT2D eigenvalue weighted by Crippen LogP contribution is 2.17. The van der Waals surface area contributed by atoms with Crippen LogP contribution in [0.4, 0.5) is 0 Å². The van der Waals surface area contributed by atoms with E-state index < -0.39 is 0 Å². The fraction of sp³-hybridized carbons (Fsp3) is 0.545. The Balaban J connectivity index is 0.00000256. The lowest BCUT2D eigenvalue weighted by Gasteiger charge is -2.30. The maximum atomic E-state index is 11.9. The first-order chi connectivity index (χ1) is 7.56. The van der Waals surface area contributed by atoms with E-state index in [-0.39, 0.29) is 23.9 Å². The van der Waals surface area contributed by atoms with E-state index in [4.69, 9.17) is 10.2 Å². The van der Waals surface area contributed by atoms with E-state index in [1.807, 2.05) is 13.8 Å². The van der Waals surface area contributed by atoms with Crippen LogP contribution in [-0.4, -0.2) is 18.0 Å². The Morgan fingerprint density at radius 3 is 2.41 bits per heavy atom. The SMILES string of the molecule is CCC(CC)(CN)NC(=O)c1ccc(Br)o1.Cl. The molecule has 0 atom stereocenters. The number of furan rings is 1. The number of carbonyl (C=O) groups excluding carboxylic acids is 1. The molecule has 0 bridgehead atoms. The summed E-state index contributed by atoms with van der Waals surface area (Å²) in [5.74, 6) is 0.0754. The van der Waals surface area contributed by atoms with Gasteiger partial charge in [0.25, 0.3) is 5.91 Å². The van der Waals surface area contributed by atoms with E-state index in [1.54, 1.807) is 12.1 Å². The smallest absolute Gasteiger partial charge is 0.287 e. The van der Waals surface area contributed by atoms with Crippen LogP contribution in [0.2, 0.25) is 0 Å². The average molecular weight is 326 g/mol. The predicted molar refractivity (Wildman–Crippen MR) is 73.5 cm³/mol. The second-order valence-corrected chi connectivity index (χ2v) is 4.53. The Morgan fingerprint density at radius 2 is 2.06 bits per heavy atom. The molecule has 1 rings (SSSR count). The number of rotatable bonds is 5. The first-order valence-corrected chi connectivity index (χ1v) is 6.14. The van der Waals surface area contributed by atoms with Crippen LogP contribution in [0.3, 0.4) is 0 Å². The van der Waals surface area contributed by atoms with Gasteiger partial charge in [0.1, 0.15) is 0 Å². The molecular formula is C11H18BrClN2O2. The summed E-state index contributed by atoms with van der Waals surface area (Å²) < 4.78 is 5.73. The third-order valence-corrected chi connectivity index (χ3v) is 3.35. The molecule has 1 aromatic heterocycles. The van der Waals surface area contributed by atoms with Crippen molar-refractivity contribution in [3.8, 4) is 0 Å². The number of carbonyl (C=O) groups is 1. The van der Waals surface area contributed by atoms with Crippen molar-refractivity contribution in [1.29, 1.82) is 0 Å². The molecule has 0 unspecified atom stereocenters. The van der Waals surface area contributed by atoms with Crippen molar-refractivity contribution in [3.05, 3.63) is 22.6 Å². The van der Waals surface area contributed by atoms with Crippen LogP contribution in [0.5, 0.6) is 0 Å². The molecule has 17 heavy (non-hydrogen) atoms. The van der Waals surface area contributed by atoms with E-state index in [0.29, 0.717) is 17.0 Å². The molecule has 0 saturated heterocycles. The van der Waals surface area contributed by atoms with Gasteiger partial charge in [-0.15, -0.1) is 12.4 Å². The summed E-state index contributed by atoms with van der Waals surface area (Å²) >= 11 is 3.16. The zero-order valence-electron chi connectivity index (χ0n) is 9.96. The Labute approximate surface area is 116 Å². The molecule has 4 nitrogen and oxygen atoms in total. The monoisotopic (exact) mass is 324 g/mol. The van der Waals surface area contributed by atoms with Crippen LogP contribution in [0.1, 0.15) is 37.2 Å². The van der Waals surface area contributed by atoms with Crippen molar-refractivity contribution in [3.63, 3.8) is 0 Å². The molecule has 0 aliphatic rings. The molecule has 0 radical (unpaired) electrons. The van der Waals surface area contributed by atoms with Crippen LogP contribution in [-0.2, 0) is 0 Å². The second kappa shape index (κ2) is 7.03. The van der Waals surface area contributed by atoms with Crippen molar-refractivity contribution >= 4 is 34.2 Å². The van der Waals surface area contributed by atoms with Gasteiger partial charge in [0.15, 0.2) is 10.4 Å². The van der Waals surface area contributed by atoms with Crippen molar-refractivity contribution in [2.24, 2.45) is 5.73 Å². The molecule has 3 N–H and O–H groups in total.